The summed E-state index contributed by atoms with van der Waals surface area (Å²) >= 11 is 0. The highest BCUT2D eigenvalue weighted by molar-refractivity contribution is 5.83. The van der Waals surface area contributed by atoms with Crippen LogP contribution < -0.4 is 0 Å². The standard InChI is InChI=1S/C39H69NO13/c1-13-27-39(10,46)32(43)22(4)29(41)20(2)18-38(9,48-12)34(53-36-30(42)26(17-21(3)49-36)40-15-14-16-40)23(5)31(24(6)35(45)51-27)52-28-19-37(8,47-11)33(44)25(7)50-28/h20-28,30-34,36,42-44,46H,13-19H2,1-12H3/t20-,21+,22+,23+,24-,25+,26-,27-,28+,30+,31+,32-,33+,34-,36-,37-,38-,39-/m1/s1. The summed E-state index contributed by atoms with van der Waals surface area (Å²) in [4.78, 5) is 30.5. The molecule has 53 heavy (non-hydrogen) atoms. The molecule has 0 unspecified atom stereocenters. The summed E-state index contributed by atoms with van der Waals surface area (Å²) in [5.74, 6) is -4.41. The van der Waals surface area contributed by atoms with Gasteiger partial charge in [-0.05, 0) is 80.3 Å². The zero-order valence-electron chi connectivity index (χ0n) is 34.0. The summed E-state index contributed by atoms with van der Waals surface area (Å²) in [7, 11) is 3.03. The molecule has 4 saturated heterocycles. The Balaban J connectivity index is 1.83. The van der Waals surface area contributed by atoms with E-state index >= 15 is 0 Å². The molecule has 0 bridgehead atoms. The fourth-order valence-electron chi connectivity index (χ4n) is 9.11. The number of nitrogens with zero attached hydrogens (tertiary/aromatic N) is 1. The molecule has 0 aromatic heterocycles. The number of carbonyl (C=O) groups is 2. The summed E-state index contributed by atoms with van der Waals surface area (Å²) in [6.45, 7) is 18.9. The maximum Gasteiger partial charge on any atom is 0.311 e. The fraction of sp³-hybridized carbons (Fsp3) is 0.949. The number of rotatable bonds is 8. The molecule has 0 aromatic carbocycles. The van der Waals surface area contributed by atoms with Crippen LogP contribution in [0.3, 0.4) is 0 Å². The van der Waals surface area contributed by atoms with Crippen LogP contribution in [-0.4, -0.2) is 149 Å². The second kappa shape index (κ2) is 17.5. The van der Waals surface area contributed by atoms with Gasteiger partial charge in [0.15, 0.2) is 12.6 Å². The Labute approximate surface area is 316 Å². The van der Waals surface area contributed by atoms with Gasteiger partial charge in [0.1, 0.15) is 29.7 Å². The maximum absolute atomic E-state index is 14.2. The van der Waals surface area contributed by atoms with E-state index in [0.29, 0.717) is 6.42 Å². The number of methoxy groups -OCH3 is 2. The van der Waals surface area contributed by atoms with E-state index in [2.05, 4.69) is 4.90 Å². The molecule has 4 rings (SSSR count). The smallest absolute Gasteiger partial charge is 0.311 e. The Morgan fingerprint density at radius 2 is 1.47 bits per heavy atom. The Bertz CT molecular complexity index is 1230. The monoisotopic (exact) mass is 759 g/mol. The first kappa shape index (κ1) is 44.4. The lowest BCUT2D eigenvalue weighted by molar-refractivity contribution is -0.320. The molecule has 0 aliphatic carbocycles. The van der Waals surface area contributed by atoms with Crippen LogP contribution in [0.2, 0.25) is 0 Å². The van der Waals surface area contributed by atoms with Crippen LogP contribution in [0.4, 0.5) is 0 Å². The minimum atomic E-state index is -1.96. The number of hydrogen-bond acceptors (Lipinski definition) is 14. The third kappa shape index (κ3) is 9.14. The zero-order valence-corrected chi connectivity index (χ0v) is 34.0. The van der Waals surface area contributed by atoms with Gasteiger partial charge in [-0.1, -0.05) is 27.7 Å². The lowest BCUT2D eigenvalue weighted by atomic mass is 9.74. The van der Waals surface area contributed by atoms with Crippen molar-refractivity contribution in [2.45, 2.75) is 186 Å². The molecule has 14 nitrogen and oxygen atoms in total. The van der Waals surface area contributed by atoms with E-state index in [1.807, 2.05) is 20.8 Å². The van der Waals surface area contributed by atoms with Crippen LogP contribution in [0.1, 0.15) is 101 Å². The fourth-order valence-corrected chi connectivity index (χ4v) is 9.11. The molecule has 308 valence electrons. The normalized spacial score (nSPS) is 49.8. The highest BCUT2D eigenvalue weighted by Crippen LogP contribution is 2.42. The Kier molecular flexibility index (Phi) is 14.6. The largest absolute Gasteiger partial charge is 0.459 e. The number of esters is 1. The molecule has 0 spiro atoms. The van der Waals surface area contributed by atoms with E-state index in [0.717, 1.165) is 19.5 Å². The molecule has 4 fully saturated rings. The van der Waals surface area contributed by atoms with Crippen LogP contribution in [0.25, 0.3) is 0 Å². The minimum absolute atomic E-state index is 0.123. The lowest BCUT2D eigenvalue weighted by Gasteiger charge is -2.51. The molecular weight excluding hydrogens is 690 g/mol. The number of Topliss-reactive ketones (excluding diaryl/α,β-unsaturated/α-hetero) is 1. The third-order valence-corrected chi connectivity index (χ3v) is 13.0. The van der Waals surface area contributed by atoms with E-state index < -0.39 is 102 Å². The number of aliphatic hydroxyl groups excluding tert-OH is 3. The molecule has 0 aromatic rings. The molecule has 0 radical (unpaired) electrons. The number of ketones is 1. The van der Waals surface area contributed by atoms with Crippen molar-refractivity contribution in [2.24, 2.45) is 23.7 Å². The SMILES string of the molecule is CC[C@H]1OC(=O)[C@H](C)[C@@H](O[C@H]2C[C@@](C)(OC)[C@@H](O)[C@H](C)O2)[C@H](C)[C@@H](O[C@H]2O[C@@H](C)C[C@@H](N3CCC3)[C@@H]2O)[C@](C)(OC)C[C@@H](C)C(=O)[C@H](C)[C@@H](O)[C@]1(C)O. The Hall–Kier alpha value is -1.30. The Morgan fingerprint density at radius 3 is 2.02 bits per heavy atom. The van der Waals surface area contributed by atoms with Crippen molar-refractivity contribution in [3.63, 3.8) is 0 Å². The van der Waals surface area contributed by atoms with E-state index in [9.17, 15) is 30.0 Å². The average Bonchev–Trinajstić information content (AvgIpc) is 3.09. The molecule has 4 heterocycles. The Morgan fingerprint density at radius 1 is 0.849 bits per heavy atom. The van der Waals surface area contributed by atoms with E-state index in [1.165, 1.54) is 21.1 Å². The highest BCUT2D eigenvalue weighted by Gasteiger charge is 2.54. The molecule has 4 aliphatic heterocycles. The van der Waals surface area contributed by atoms with Crippen molar-refractivity contribution in [1.29, 1.82) is 0 Å². The van der Waals surface area contributed by atoms with Crippen molar-refractivity contribution >= 4 is 11.8 Å². The summed E-state index contributed by atoms with van der Waals surface area (Å²) in [6, 6.07) is -0.182. The molecule has 4 N–H and O–H groups in total. The third-order valence-electron chi connectivity index (χ3n) is 13.0. The summed E-state index contributed by atoms with van der Waals surface area (Å²) < 4.78 is 44.1. The van der Waals surface area contributed by atoms with E-state index in [1.54, 1.807) is 41.5 Å². The van der Waals surface area contributed by atoms with Gasteiger partial charge in [0.2, 0.25) is 0 Å². The highest BCUT2D eigenvalue weighted by atomic mass is 16.7. The summed E-state index contributed by atoms with van der Waals surface area (Å²) in [6.07, 6.45) is -7.41. The van der Waals surface area contributed by atoms with Crippen molar-refractivity contribution in [3.8, 4) is 0 Å². The molecule has 18 atom stereocenters. The van der Waals surface area contributed by atoms with Gasteiger partial charge in [-0.25, -0.2) is 0 Å². The van der Waals surface area contributed by atoms with Crippen molar-refractivity contribution in [1.82, 2.24) is 4.90 Å². The van der Waals surface area contributed by atoms with Gasteiger partial charge in [-0.15, -0.1) is 0 Å². The average molecular weight is 760 g/mol. The van der Waals surface area contributed by atoms with Crippen molar-refractivity contribution < 1.29 is 63.2 Å². The lowest BCUT2D eigenvalue weighted by Crippen LogP contribution is -2.63. The van der Waals surface area contributed by atoms with E-state index in [-0.39, 0.29) is 37.2 Å². The number of likely N-dealkylation sites (tertiary alicyclic amines) is 1. The second-order valence-corrected chi connectivity index (χ2v) is 17.1. The van der Waals surface area contributed by atoms with Crippen molar-refractivity contribution in [2.75, 3.05) is 27.3 Å². The van der Waals surface area contributed by atoms with Gasteiger partial charge in [-0.2, -0.15) is 0 Å². The van der Waals surface area contributed by atoms with Crippen LogP contribution in [0.5, 0.6) is 0 Å². The zero-order chi connectivity index (χ0) is 39.8. The maximum atomic E-state index is 14.2. The van der Waals surface area contributed by atoms with Gasteiger partial charge in [0.05, 0.1) is 47.6 Å². The summed E-state index contributed by atoms with van der Waals surface area (Å²) in [5, 5.41) is 45.8. The number of aliphatic hydroxyl groups is 4. The molecule has 14 heteroatoms. The van der Waals surface area contributed by atoms with Gasteiger partial charge in [0, 0.05) is 44.4 Å². The first-order valence-electron chi connectivity index (χ1n) is 19.6. The topological polar surface area (TPSA) is 183 Å². The molecule has 0 saturated carbocycles. The molecule has 4 aliphatic rings. The van der Waals surface area contributed by atoms with Crippen LogP contribution >= 0.6 is 0 Å². The first-order valence-corrected chi connectivity index (χ1v) is 19.6. The number of carbonyl (C=O) groups excluding carboxylic acids is 2. The van der Waals surface area contributed by atoms with Crippen LogP contribution in [-0.2, 0) is 42.7 Å². The van der Waals surface area contributed by atoms with Gasteiger partial charge in [-0.3, -0.25) is 14.5 Å². The second-order valence-electron chi connectivity index (χ2n) is 17.1. The minimum Gasteiger partial charge on any atom is -0.459 e. The van der Waals surface area contributed by atoms with Gasteiger partial charge >= 0.3 is 5.97 Å². The number of ether oxygens (including phenoxy) is 7. The van der Waals surface area contributed by atoms with Crippen LogP contribution in [0, 0.1) is 23.7 Å². The van der Waals surface area contributed by atoms with Gasteiger partial charge in [0.25, 0.3) is 0 Å². The summed E-state index contributed by atoms with van der Waals surface area (Å²) in [5.41, 5.74) is -4.22. The quantitative estimate of drug-likeness (QED) is 0.265. The predicted octanol–water partition coefficient (Wildman–Crippen LogP) is 2.58. The van der Waals surface area contributed by atoms with Gasteiger partial charge < -0.3 is 53.6 Å². The van der Waals surface area contributed by atoms with Crippen molar-refractivity contribution in [3.05, 3.63) is 0 Å². The number of hydrogen-bond donors (Lipinski definition) is 4. The number of cyclic esters (lactones) is 1. The van der Waals surface area contributed by atoms with Crippen LogP contribution in [0.15, 0.2) is 0 Å². The predicted molar refractivity (Wildman–Crippen MR) is 194 cm³/mol. The first-order chi connectivity index (χ1) is 24.6. The molecule has 0 amide bonds. The molecular formula is C39H69NO13. The van der Waals surface area contributed by atoms with E-state index in [4.69, 9.17) is 33.2 Å².